The molecule has 2 N–H and O–H groups in total. The third-order valence-electron chi connectivity index (χ3n) is 3.83. The largest absolute Gasteiger partial charge is 0.361 e. The molecule has 0 aliphatic carbocycles. The summed E-state index contributed by atoms with van der Waals surface area (Å²) in [5.74, 6) is -2.01. The van der Waals surface area contributed by atoms with Gasteiger partial charge in [-0.15, -0.1) is 0 Å². The first-order valence-corrected chi connectivity index (χ1v) is 9.13. The number of nitrogens with one attached hydrogen (secondary N) is 2. The minimum atomic E-state index is -1.12. The van der Waals surface area contributed by atoms with Crippen LogP contribution in [0, 0.1) is 11.6 Å². The fourth-order valence-electron chi connectivity index (χ4n) is 2.50. The summed E-state index contributed by atoms with van der Waals surface area (Å²) in [7, 11) is 0. The van der Waals surface area contributed by atoms with Crippen molar-refractivity contribution in [2.45, 2.75) is 6.17 Å². The minimum absolute atomic E-state index is 0.280. The molecule has 0 aliphatic rings. The fourth-order valence-corrected chi connectivity index (χ4v) is 2.89. The van der Waals surface area contributed by atoms with Crippen LogP contribution in [0.15, 0.2) is 71.2 Å². The van der Waals surface area contributed by atoms with Crippen LogP contribution < -0.4 is 10.6 Å². The Morgan fingerprint density at radius 3 is 2.11 bits per heavy atom. The van der Waals surface area contributed by atoms with Crippen LogP contribution in [-0.4, -0.2) is 5.91 Å². The molecular formula is C20H14BrClF2N2O. The first-order chi connectivity index (χ1) is 12.9. The molecule has 138 valence electrons. The van der Waals surface area contributed by atoms with Gasteiger partial charge < -0.3 is 10.6 Å². The Balaban J connectivity index is 1.92. The number of hydrogen-bond donors (Lipinski definition) is 2. The molecule has 7 heteroatoms. The number of benzene rings is 3. The van der Waals surface area contributed by atoms with Crippen molar-refractivity contribution in [1.29, 1.82) is 0 Å². The summed E-state index contributed by atoms with van der Waals surface area (Å²) in [6.45, 7) is 0. The van der Waals surface area contributed by atoms with Crippen molar-refractivity contribution in [3.63, 3.8) is 0 Å². The Hall–Kier alpha value is -2.44. The van der Waals surface area contributed by atoms with Crippen LogP contribution in [0.3, 0.4) is 0 Å². The zero-order valence-electron chi connectivity index (χ0n) is 13.8. The lowest BCUT2D eigenvalue weighted by Crippen LogP contribution is -2.34. The van der Waals surface area contributed by atoms with Gasteiger partial charge in [0.05, 0.1) is 5.56 Å². The Labute approximate surface area is 168 Å². The normalized spacial score (nSPS) is 11.7. The number of anilines is 1. The second kappa shape index (κ2) is 8.50. The van der Waals surface area contributed by atoms with Gasteiger partial charge in [0, 0.05) is 20.7 Å². The molecule has 3 rings (SSSR count). The average molecular weight is 452 g/mol. The van der Waals surface area contributed by atoms with E-state index in [1.54, 1.807) is 48.5 Å². The van der Waals surface area contributed by atoms with Gasteiger partial charge in [0.25, 0.3) is 5.91 Å². The Morgan fingerprint density at radius 1 is 0.926 bits per heavy atom. The van der Waals surface area contributed by atoms with E-state index in [0.29, 0.717) is 16.3 Å². The molecule has 0 heterocycles. The number of amides is 1. The predicted molar refractivity (Wildman–Crippen MR) is 106 cm³/mol. The fraction of sp³-hybridized carbons (Fsp3) is 0.0500. The lowest BCUT2D eigenvalue weighted by molar-refractivity contribution is 0.0940. The van der Waals surface area contributed by atoms with Crippen LogP contribution in [0.1, 0.15) is 22.1 Å². The summed E-state index contributed by atoms with van der Waals surface area (Å²) in [5.41, 5.74) is 0.624. The first-order valence-electron chi connectivity index (χ1n) is 7.96. The summed E-state index contributed by atoms with van der Waals surface area (Å²) in [6.07, 6.45) is -1.12. The van der Waals surface area contributed by atoms with Gasteiger partial charge in [-0.2, -0.15) is 0 Å². The summed E-state index contributed by atoms with van der Waals surface area (Å²) in [6, 6.07) is 16.8. The number of rotatable bonds is 5. The molecule has 1 amide bonds. The number of carbonyl (C=O) groups excluding carboxylic acids is 1. The van der Waals surface area contributed by atoms with Crippen LogP contribution in [-0.2, 0) is 0 Å². The van der Waals surface area contributed by atoms with E-state index in [4.69, 9.17) is 11.6 Å². The second-order valence-corrected chi connectivity index (χ2v) is 7.05. The SMILES string of the molecule is O=C(NC(Nc1ccc(Cl)cc1)c1c(F)cccc1F)c1ccc(Br)cc1. The number of hydrogen-bond acceptors (Lipinski definition) is 2. The summed E-state index contributed by atoms with van der Waals surface area (Å²) >= 11 is 9.17. The van der Waals surface area contributed by atoms with Gasteiger partial charge in [0.1, 0.15) is 17.8 Å². The molecule has 1 unspecified atom stereocenters. The number of carbonyl (C=O) groups is 1. The van der Waals surface area contributed by atoms with Crippen LogP contribution >= 0.6 is 27.5 Å². The Morgan fingerprint density at radius 2 is 1.52 bits per heavy atom. The van der Waals surface area contributed by atoms with Crippen LogP contribution in [0.4, 0.5) is 14.5 Å². The molecule has 3 aromatic rings. The molecule has 0 spiro atoms. The van der Waals surface area contributed by atoms with Crippen molar-refractivity contribution < 1.29 is 13.6 Å². The predicted octanol–water partition coefficient (Wildman–Crippen LogP) is 5.92. The monoisotopic (exact) mass is 450 g/mol. The third-order valence-corrected chi connectivity index (χ3v) is 4.61. The topological polar surface area (TPSA) is 41.1 Å². The van der Waals surface area contributed by atoms with E-state index >= 15 is 0 Å². The maximum absolute atomic E-state index is 14.3. The van der Waals surface area contributed by atoms with Gasteiger partial charge in [-0.1, -0.05) is 33.6 Å². The second-order valence-electron chi connectivity index (χ2n) is 5.70. The highest BCUT2D eigenvalue weighted by Crippen LogP contribution is 2.24. The minimum Gasteiger partial charge on any atom is -0.361 e. The lowest BCUT2D eigenvalue weighted by atomic mass is 10.1. The van der Waals surface area contributed by atoms with Gasteiger partial charge in [-0.25, -0.2) is 8.78 Å². The first kappa shape index (κ1) is 19.3. The highest BCUT2D eigenvalue weighted by atomic mass is 79.9. The zero-order chi connectivity index (χ0) is 19.4. The van der Waals surface area contributed by atoms with Crippen molar-refractivity contribution in [3.05, 3.63) is 99.0 Å². The van der Waals surface area contributed by atoms with Crippen molar-refractivity contribution >= 4 is 39.1 Å². The quantitative estimate of drug-likeness (QED) is 0.473. The molecule has 1 atom stereocenters. The highest BCUT2D eigenvalue weighted by Gasteiger charge is 2.22. The van der Waals surface area contributed by atoms with Gasteiger partial charge in [0.15, 0.2) is 0 Å². The van der Waals surface area contributed by atoms with Gasteiger partial charge >= 0.3 is 0 Å². The molecule has 0 aromatic heterocycles. The molecule has 3 nitrogen and oxygen atoms in total. The van der Waals surface area contributed by atoms with Crippen molar-refractivity contribution in [3.8, 4) is 0 Å². The Bertz CT molecular complexity index is 929. The molecular weight excluding hydrogens is 438 g/mol. The molecule has 27 heavy (non-hydrogen) atoms. The van der Waals surface area contributed by atoms with E-state index in [1.807, 2.05) is 0 Å². The molecule has 0 radical (unpaired) electrons. The molecule has 0 saturated heterocycles. The molecule has 0 fully saturated rings. The van der Waals surface area contributed by atoms with Crippen LogP contribution in [0.5, 0.6) is 0 Å². The summed E-state index contributed by atoms with van der Waals surface area (Å²) in [5, 5.41) is 6.09. The lowest BCUT2D eigenvalue weighted by Gasteiger charge is -2.23. The van der Waals surface area contributed by atoms with E-state index in [2.05, 4.69) is 26.6 Å². The van der Waals surface area contributed by atoms with E-state index in [0.717, 1.165) is 16.6 Å². The molecule has 3 aromatic carbocycles. The van der Waals surface area contributed by atoms with Gasteiger partial charge in [-0.3, -0.25) is 4.79 Å². The van der Waals surface area contributed by atoms with Crippen molar-refractivity contribution in [2.75, 3.05) is 5.32 Å². The standard InChI is InChI=1S/C20H14BrClF2N2O/c21-13-6-4-12(5-7-13)20(27)26-19(18-16(23)2-1-3-17(18)24)25-15-10-8-14(22)9-11-15/h1-11,19,25H,(H,26,27). The summed E-state index contributed by atoms with van der Waals surface area (Å²) in [4.78, 5) is 12.6. The summed E-state index contributed by atoms with van der Waals surface area (Å²) < 4.78 is 29.4. The molecule has 0 bridgehead atoms. The van der Waals surface area contributed by atoms with Crippen molar-refractivity contribution in [1.82, 2.24) is 5.32 Å². The van der Waals surface area contributed by atoms with E-state index in [1.165, 1.54) is 6.07 Å². The van der Waals surface area contributed by atoms with Gasteiger partial charge in [0.2, 0.25) is 0 Å². The van der Waals surface area contributed by atoms with E-state index < -0.39 is 23.7 Å². The maximum Gasteiger partial charge on any atom is 0.253 e. The zero-order valence-corrected chi connectivity index (χ0v) is 16.2. The van der Waals surface area contributed by atoms with Gasteiger partial charge in [-0.05, 0) is 60.7 Å². The maximum atomic E-state index is 14.3. The average Bonchev–Trinajstić information content (AvgIpc) is 2.64. The van der Waals surface area contributed by atoms with Crippen LogP contribution in [0.25, 0.3) is 0 Å². The smallest absolute Gasteiger partial charge is 0.253 e. The van der Waals surface area contributed by atoms with E-state index in [9.17, 15) is 13.6 Å². The van der Waals surface area contributed by atoms with Crippen LogP contribution in [0.2, 0.25) is 5.02 Å². The Kier molecular flexibility index (Phi) is 6.08. The highest BCUT2D eigenvalue weighted by molar-refractivity contribution is 9.10. The third kappa shape index (κ3) is 4.84. The number of halogens is 4. The van der Waals surface area contributed by atoms with Crippen molar-refractivity contribution in [2.24, 2.45) is 0 Å². The molecule has 0 saturated carbocycles. The van der Waals surface area contributed by atoms with E-state index in [-0.39, 0.29) is 5.56 Å². The molecule has 0 aliphatic heterocycles.